The van der Waals surface area contributed by atoms with Crippen LogP contribution in [0.1, 0.15) is 38.3 Å². The Morgan fingerprint density at radius 3 is 2.58 bits per heavy atom. The number of carbonyl (C=O) groups is 1. The van der Waals surface area contributed by atoms with Gasteiger partial charge in [0.2, 0.25) is 5.91 Å². The van der Waals surface area contributed by atoms with Crippen LogP contribution in [-0.2, 0) is 17.6 Å². The van der Waals surface area contributed by atoms with Gasteiger partial charge in [-0.3, -0.25) is 4.79 Å². The van der Waals surface area contributed by atoms with Crippen LogP contribution in [0.5, 0.6) is 0 Å². The Labute approximate surface area is 115 Å². The lowest BCUT2D eigenvalue weighted by Gasteiger charge is -2.28. The third-order valence-electron chi connectivity index (χ3n) is 3.66. The van der Waals surface area contributed by atoms with Crippen LogP contribution in [0, 0.1) is 0 Å². The molecule has 1 aromatic carbocycles. The highest BCUT2D eigenvalue weighted by atomic mass is 16.2. The lowest BCUT2D eigenvalue weighted by molar-refractivity contribution is -0.123. The molecule has 2 atom stereocenters. The largest absolute Gasteiger partial charge is 0.353 e. The van der Waals surface area contributed by atoms with E-state index in [-0.39, 0.29) is 18.0 Å². The number of rotatable bonds is 4. The fourth-order valence-electron chi connectivity index (χ4n) is 2.68. The summed E-state index contributed by atoms with van der Waals surface area (Å²) in [5.41, 5.74) is 2.88. The van der Waals surface area contributed by atoms with E-state index >= 15 is 0 Å². The fourth-order valence-corrected chi connectivity index (χ4v) is 2.68. The van der Waals surface area contributed by atoms with Crippen molar-refractivity contribution >= 4 is 5.91 Å². The van der Waals surface area contributed by atoms with Gasteiger partial charge in [-0.15, -0.1) is 0 Å². The summed E-state index contributed by atoms with van der Waals surface area (Å²) < 4.78 is 0. The summed E-state index contributed by atoms with van der Waals surface area (Å²) in [6, 6.07) is 9.08. The first-order chi connectivity index (χ1) is 9.06. The van der Waals surface area contributed by atoms with Crippen molar-refractivity contribution in [2.24, 2.45) is 0 Å². The molecule has 0 bridgehead atoms. The zero-order chi connectivity index (χ0) is 13.8. The molecule has 3 heteroatoms. The van der Waals surface area contributed by atoms with Crippen molar-refractivity contribution in [1.29, 1.82) is 0 Å². The monoisotopic (exact) mass is 260 g/mol. The van der Waals surface area contributed by atoms with Gasteiger partial charge in [0.15, 0.2) is 0 Å². The normalized spacial score (nSPS) is 19.9. The molecule has 1 aliphatic carbocycles. The topological polar surface area (TPSA) is 41.1 Å². The lowest BCUT2D eigenvalue weighted by atomic mass is 9.88. The zero-order valence-electron chi connectivity index (χ0n) is 12.1. The Morgan fingerprint density at radius 1 is 1.21 bits per heavy atom. The number of hydrogen-bond acceptors (Lipinski definition) is 2. The molecule has 1 amide bonds. The van der Waals surface area contributed by atoms with E-state index in [1.807, 2.05) is 20.8 Å². The second-order valence-electron chi connectivity index (χ2n) is 5.76. The highest BCUT2D eigenvalue weighted by Crippen LogP contribution is 2.21. The molecule has 3 nitrogen and oxygen atoms in total. The van der Waals surface area contributed by atoms with Crippen LogP contribution >= 0.6 is 0 Å². The van der Waals surface area contributed by atoms with Crippen LogP contribution in [-0.4, -0.2) is 24.0 Å². The van der Waals surface area contributed by atoms with Gasteiger partial charge in [0.1, 0.15) is 0 Å². The number of amides is 1. The summed E-state index contributed by atoms with van der Waals surface area (Å²) in [5, 5.41) is 6.40. The third-order valence-corrected chi connectivity index (χ3v) is 3.66. The van der Waals surface area contributed by atoms with Crippen molar-refractivity contribution in [2.45, 2.75) is 58.2 Å². The number of hydrogen-bond donors (Lipinski definition) is 2. The Balaban J connectivity index is 1.90. The standard InChI is InChI=1S/C16H24N2O/c1-11(2)17-16(19)12(3)18-15-9-8-13-6-4-5-7-14(13)10-15/h4-7,11-12,15,18H,8-10H2,1-3H3,(H,17,19). The van der Waals surface area contributed by atoms with E-state index in [9.17, 15) is 4.79 Å². The van der Waals surface area contributed by atoms with Crippen molar-refractivity contribution in [1.82, 2.24) is 10.6 Å². The highest BCUT2D eigenvalue weighted by Gasteiger charge is 2.22. The Bertz CT molecular complexity index is 442. The van der Waals surface area contributed by atoms with Crippen LogP contribution in [0.15, 0.2) is 24.3 Å². The molecule has 1 aromatic rings. The molecule has 0 heterocycles. The summed E-state index contributed by atoms with van der Waals surface area (Å²) in [7, 11) is 0. The molecule has 0 spiro atoms. The van der Waals surface area contributed by atoms with E-state index in [2.05, 4.69) is 34.9 Å². The minimum absolute atomic E-state index is 0.0915. The van der Waals surface area contributed by atoms with Gasteiger partial charge in [-0.2, -0.15) is 0 Å². The second-order valence-corrected chi connectivity index (χ2v) is 5.76. The molecular weight excluding hydrogens is 236 g/mol. The summed E-state index contributed by atoms with van der Waals surface area (Å²) in [6.07, 6.45) is 3.23. The van der Waals surface area contributed by atoms with Crippen molar-refractivity contribution < 1.29 is 4.79 Å². The molecule has 2 N–H and O–H groups in total. The van der Waals surface area contributed by atoms with Gasteiger partial charge in [0.25, 0.3) is 0 Å². The van der Waals surface area contributed by atoms with E-state index in [0.717, 1.165) is 19.3 Å². The van der Waals surface area contributed by atoms with E-state index in [4.69, 9.17) is 0 Å². The molecule has 2 rings (SSSR count). The van der Waals surface area contributed by atoms with Crippen LogP contribution in [0.4, 0.5) is 0 Å². The van der Waals surface area contributed by atoms with E-state index in [1.54, 1.807) is 0 Å². The minimum Gasteiger partial charge on any atom is -0.353 e. The summed E-state index contributed by atoms with van der Waals surface area (Å²) in [5.74, 6) is 0.0915. The van der Waals surface area contributed by atoms with E-state index < -0.39 is 0 Å². The predicted octanol–water partition coefficient (Wildman–Crippen LogP) is 2.05. The smallest absolute Gasteiger partial charge is 0.237 e. The molecule has 0 fully saturated rings. The zero-order valence-corrected chi connectivity index (χ0v) is 12.1. The second kappa shape index (κ2) is 6.20. The van der Waals surface area contributed by atoms with Crippen molar-refractivity contribution in [3.05, 3.63) is 35.4 Å². The number of fused-ring (bicyclic) bond motifs is 1. The molecule has 0 radical (unpaired) electrons. The lowest BCUT2D eigenvalue weighted by Crippen LogP contribution is -2.49. The summed E-state index contributed by atoms with van der Waals surface area (Å²) in [6.45, 7) is 5.92. The molecule has 0 saturated heterocycles. The van der Waals surface area contributed by atoms with Crippen LogP contribution < -0.4 is 10.6 Å². The summed E-state index contributed by atoms with van der Waals surface area (Å²) >= 11 is 0. The maximum atomic E-state index is 11.9. The average molecular weight is 260 g/mol. The van der Waals surface area contributed by atoms with E-state index in [0.29, 0.717) is 6.04 Å². The predicted molar refractivity (Wildman–Crippen MR) is 78.1 cm³/mol. The van der Waals surface area contributed by atoms with Gasteiger partial charge in [-0.25, -0.2) is 0 Å². The number of benzene rings is 1. The van der Waals surface area contributed by atoms with Crippen LogP contribution in [0.25, 0.3) is 0 Å². The van der Waals surface area contributed by atoms with Crippen molar-refractivity contribution in [3.8, 4) is 0 Å². The quantitative estimate of drug-likeness (QED) is 0.870. The van der Waals surface area contributed by atoms with Gasteiger partial charge in [0, 0.05) is 12.1 Å². The van der Waals surface area contributed by atoms with Gasteiger partial charge in [0.05, 0.1) is 6.04 Å². The highest BCUT2D eigenvalue weighted by molar-refractivity contribution is 5.81. The Hall–Kier alpha value is -1.35. The van der Waals surface area contributed by atoms with Crippen LogP contribution in [0.3, 0.4) is 0 Å². The fraction of sp³-hybridized carbons (Fsp3) is 0.562. The Kier molecular flexibility index (Phi) is 4.59. The van der Waals surface area contributed by atoms with Gasteiger partial charge < -0.3 is 10.6 Å². The average Bonchev–Trinajstić information content (AvgIpc) is 2.37. The molecule has 0 aromatic heterocycles. The van der Waals surface area contributed by atoms with Gasteiger partial charge in [-0.05, 0) is 51.2 Å². The molecule has 1 aliphatic rings. The molecule has 0 saturated carbocycles. The number of carbonyl (C=O) groups excluding carboxylic acids is 1. The summed E-state index contributed by atoms with van der Waals surface area (Å²) in [4.78, 5) is 11.9. The molecule has 0 aliphatic heterocycles. The van der Waals surface area contributed by atoms with Gasteiger partial charge >= 0.3 is 0 Å². The number of nitrogens with one attached hydrogen (secondary N) is 2. The molecule has 19 heavy (non-hydrogen) atoms. The van der Waals surface area contributed by atoms with Crippen molar-refractivity contribution in [2.75, 3.05) is 0 Å². The molecule has 104 valence electrons. The Morgan fingerprint density at radius 2 is 1.89 bits per heavy atom. The third kappa shape index (κ3) is 3.80. The maximum absolute atomic E-state index is 11.9. The maximum Gasteiger partial charge on any atom is 0.237 e. The first-order valence-electron chi connectivity index (χ1n) is 7.19. The first kappa shape index (κ1) is 14.1. The first-order valence-corrected chi connectivity index (χ1v) is 7.19. The van der Waals surface area contributed by atoms with Crippen molar-refractivity contribution in [3.63, 3.8) is 0 Å². The van der Waals surface area contributed by atoms with Gasteiger partial charge in [-0.1, -0.05) is 24.3 Å². The number of aryl methyl sites for hydroxylation is 1. The minimum atomic E-state index is -0.127. The van der Waals surface area contributed by atoms with E-state index in [1.165, 1.54) is 11.1 Å². The molecule has 2 unspecified atom stereocenters. The SMILES string of the molecule is CC(C)NC(=O)C(C)NC1CCc2ccccc2C1. The van der Waals surface area contributed by atoms with Crippen LogP contribution in [0.2, 0.25) is 0 Å². The molecular formula is C16H24N2O.